The third-order valence-electron chi connectivity index (χ3n) is 3.76. The minimum atomic E-state index is -0.823. The van der Waals surface area contributed by atoms with Crippen molar-refractivity contribution in [3.63, 3.8) is 0 Å². The van der Waals surface area contributed by atoms with Crippen LogP contribution < -0.4 is 5.32 Å². The number of aliphatic carboxylic acids is 1. The van der Waals surface area contributed by atoms with E-state index in [4.69, 9.17) is 0 Å². The van der Waals surface area contributed by atoms with Gasteiger partial charge in [-0.3, -0.25) is 14.9 Å². The number of hydrogen-bond donors (Lipinski definition) is 2. The lowest BCUT2D eigenvalue weighted by Gasteiger charge is -2.22. The van der Waals surface area contributed by atoms with E-state index in [1.807, 2.05) is 0 Å². The van der Waals surface area contributed by atoms with Gasteiger partial charge in [0.1, 0.15) is 0 Å². The van der Waals surface area contributed by atoms with Crippen LogP contribution >= 0.6 is 0 Å². The van der Waals surface area contributed by atoms with Crippen molar-refractivity contribution in [2.75, 3.05) is 13.1 Å². The maximum Gasteiger partial charge on any atom is 0.310 e. The van der Waals surface area contributed by atoms with E-state index >= 15 is 0 Å². The van der Waals surface area contributed by atoms with Crippen molar-refractivity contribution < 1.29 is 14.8 Å². The monoisotopic (exact) mass is 264 g/mol. The molecule has 1 aliphatic rings. The molecule has 1 unspecified atom stereocenters. The zero-order valence-corrected chi connectivity index (χ0v) is 10.5. The van der Waals surface area contributed by atoms with E-state index in [2.05, 4.69) is 5.32 Å². The van der Waals surface area contributed by atoms with Gasteiger partial charge in [0, 0.05) is 18.2 Å². The minimum Gasteiger partial charge on any atom is -0.481 e. The molecule has 1 heterocycles. The molecule has 102 valence electrons. The predicted octanol–water partition coefficient (Wildman–Crippen LogP) is 1.59. The number of rotatable bonds is 5. The van der Waals surface area contributed by atoms with Crippen molar-refractivity contribution in [1.82, 2.24) is 5.32 Å². The summed E-state index contributed by atoms with van der Waals surface area (Å²) in [6, 6.07) is 6.50. The fraction of sp³-hybridized carbons (Fsp3) is 0.462. The Morgan fingerprint density at radius 2 is 2.21 bits per heavy atom. The molecule has 2 rings (SSSR count). The molecule has 1 aliphatic heterocycles. The fourth-order valence-corrected chi connectivity index (χ4v) is 2.52. The lowest BCUT2D eigenvalue weighted by Crippen LogP contribution is -2.33. The molecule has 0 spiro atoms. The van der Waals surface area contributed by atoms with Crippen LogP contribution in [0.3, 0.4) is 0 Å². The maximum absolute atomic E-state index is 11.4. The van der Waals surface area contributed by atoms with Gasteiger partial charge in [-0.15, -0.1) is 0 Å². The largest absolute Gasteiger partial charge is 0.481 e. The average molecular weight is 264 g/mol. The number of benzene rings is 1. The second kappa shape index (κ2) is 5.36. The summed E-state index contributed by atoms with van der Waals surface area (Å²) < 4.78 is 0. The zero-order valence-electron chi connectivity index (χ0n) is 10.5. The highest BCUT2D eigenvalue weighted by molar-refractivity contribution is 5.75. The zero-order chi connectivity index (χ0) is 13.9. The topological polar surface area (TPSA) is 92.5 Å². The van der Waals surface area contributed by atoms with Crippen LogP contribution in [-0.4, -0.2) is 29.1 Å². The van der Waals surface area contributed by atoms with Crippen molar-refractivity contribution in [3.05, 3.63) is 39.9 Å². The van der Waals surface area contributed by atoms with Gasteiger partial charge in [0.15, 0.2) is 0 Å². The quantitative estimate of drug-likeness (QED) is 0.622. The van der Waals surface area contributed by atoms with Gasteiger partial charge in [-0.2, -0.15) is 0 Å². The summed E-state index contributed by atoms with van der Waals surface area (Å²) >= 11 is 0. The van der Waals surface area contributed by atoms with Crippen molar-refractivity contribution in [3.8, 4) is 0 Å². The summed E-state index contributed by atoms with van der Waals surface area (Å²) in [6.07, 6.45) is 1.40. The highest BCUT2D eigenvalue weighted by atomic mass is 16.6. The summed E-state index contributed by atoms with van der Waals surface area (Å²) in [4.78, 5) is 21.9. The normalized spacial score (nSPS) is 22.3. The molecule has 6 heteroatoms. The van der Waals surface area contributed by atoms with Crippen molar-refractivity contribution in [2.24, 2.45) is 5.41 Å². The van der Waals surface area contributed by atoms with E-state index in [1.54, 1.807) is 18.2 Å². The minimum absolute atomic E-state index is 0.0639. The molecule has 1 atom stereocenters. The van der Waals surface area contributed by atoms with Gasteiger partial charge in [0.05, 0.1) is 10.3 Å². The third-order valence-corrected chi connectivity index (χ3v) is 3.76. The van der Waals surface area contributed by atoms with Gasteiger partial charge in [0.25, 0.3) is 5.69 Å². The van der Waals surface area contributed by atoms with E-state index in [1.165, 1.54) is 6.07 Å². The summed E-state index contributed by atoms with van der Waals surface area (Å²) in [5, 5.41) is 23.3. The van der Waals surface area contributed by atoms with Crippen LogP contribution in [0.2, 0.25) is 0 Å². The molecule has 1 saturated heterocycles. The Bertz CT molecular complexity index is 495. The SMILES string of the molecule is O=C(O)C1(CCc2ccccc2[N+](=O)[O-])CCNC1. The molecule has 1 fully saturated rings. The lowest BCUT2D eigenvalue weighted by atomic mass is 9.81. The van der Waals surface area contributed by atoms with Crippen molar-refractivity contribution >= 4 is 11.7 Å². The number of nitro benzene ring substituents is 1. The van der Waals surface area contributed by atoms with E-state index in [9.17, 15) is 20.0 Å². The van der Waals surface area contributed by atoms with Gasteiger partial charge in [-0.05, 0) is 25.8 Å². The molecular weight excluding hydrogens is 248 g/mol. The first-order valence-electron chi connectivity index (χ1n) is 6.22. The van der Waals surface area contributed by atoms with Gasteiger partial charge < -0.3 is 10.4 Å². The number of carboxylic acids is 1. The molecule has 0 aromatic heterocycles. The number of nitrogens with one attached hydrogen (secondary N) is 1. The molecule has 19 heavy (non-hydrogen) atoms. The smallest absolute Gasteiger partial charge is 0.310 e. The van der Waals surface area contributed by atoms with Crippen LogP contribution in [0.4, 0.5) is 5.69 Å². The first kappa shape index (κ1) is 13.5. The Hall–Kier alpha value is -1.95. The van der Waals surface area contributed by atoms with Gasteiger partial charge in [-0.25, -0.2) is 0 Å². The molecule has 1 aromatic rings. The highest BCUT2D eigenvalue weighted by Crippen LogP contribution is 2.33. The lowest BCUT2D eigenvalue weighted by molar-refractivity contribution is -0.385. The molecule has 0 bridgehead atoms. The maximum atomic E-state index is 11.4. The van der Waals surface area contributed by atoms with Gasteiger partial charge in [-0.1, -0.05) is 18.2 Å². The molecule has 6 nitrogen and oxygen atoms in total. The number of carboxylic acid groups (broad SMARTS) is 1. The number of para-hydroxylation sites is 1. The fourth-order valence-electron chi connectivity index (χ4n) is 2.52. The molecule has 0 aliphatic carbocycles. The van der Waals surface area contributed by atoms with Gasteiger partial charge in [0.2, 0.25) is 0 Å². The molecule has 0 radical (unpaired) electrons. The summed E-state index contributed by atoms with van der Waals surface area (Å²) in [6.45, 7) is 1.12. The van der Waals surface area contributed by atoms with Crippen LogP contribution in [0.15, 0.2) is 24.3 Å². The van der Waals surface area contributed by atoms with Crippen LogP contribution in [0.25, 0.3) is 0 Å². The van der Waals surface area contributed by atoms with E-state index in [0.717, 1.165) is 0 Å². The molecule has 0 amide bonds. The Morgan fingerprint density at radius 1 is 1.47 bits per heavy atom. The van der Waals surface area contributed by atoms with Gasteiger partial charge >= 0.3 is 5.97 Å². The Morgan fingerprint density at radius 3 is 2.79 bits per heavy atom. The Kier molecular flexibility index (Phi) is 3.80. The first-order valence-corrected chi connectivity index (χ1v) is 6.22. The van der Waals surface area contributed by atoms with Crippen LogP contribution in [0.5, 0.6) is 0 Å². The van der Waals surface area contributed by atoms with Crippen LogP contribution in [0, 0.1) is 15.5 Å². The predicted molar refractivity (Wildman–Crippen MR) is 69.0 cm³/mol. The van der Waals surface area contributed by atoms with E-state index in [0.29, 0.717) is 37.9 Å². The average Bonchev–Trinajstić information content (AvgIpc) is 2.86. The molecule has 1 aromatic carbocycles. The first-order chi connectivity index (χ1) is 9.05. The van der Waals surface area contributed by atoms with Crippen LogP contribution in [-0.2, 0) is 11.2 Å². The third kappa shape index (κ3) is 2.73. The molecule has 0 saturated carbocycles. The number of hydrogen-bond acceptors (Lipinski definition) is 4. The van der Waals surface area contributed by atoms with E-state index in [-0.39, 0.29) is 5.69 Å². The Labute approximate surface area is 110 Å². The summed E-state index contributed by atoms with van der Waals surface area (Å²) in [7, 11) is 0. The number of nitrogens with zero attached hydrogens (tertiary/aromatic N) is 1. The number of nitro groups is 1. The standard InChI is InChI=1S/C13H16N2O4/c16-12(17)13(7-8-14-9-13)6-5-10-3-1-2-4-11(10)15(18)19/h1-4,14H,5-9H2,(H,16,17). The number of carbonyl (C=O) groups is 1. The summed E-state index contributed by atoms with van der Waals surface area (Å²) in [5.41, 5.74) is -0.127. The van der Waals surface area contributed by atoms with Crippen molar-refractivity contribution in [1.29, 1.82) is 0 Å². The molecule has 2 N–H and O–H groups in total. The van der Waals surface area contributed by atoms with E-state index < -0.39 is 16.3 Å². The van der Waals surface area contributed by atoms with Crippen LogP contribution in [0.1, 0.15) is 18.4 Å². The summed E-state index contributed by atoms with van der Waals surface area (Å²) in [5.74, 6) is -0.823. The highest BCUT2D eigenvalue weighted by Gasteiger charge is 2.41. The number of aryl methyl sites for hydroxylation is 1. The molecular formula is C13H16N2O4. The Balaban J connectivity index is 2.14. The second-order valence-electron chi connectivity index (χ2n) is 4.90. The second-order valence-corrected chi connectivity index (χ2v) is 4.90. The van der Waals surface area contributed by atoms with Crippen molar-refractivity contribution in [2.45, 2.75) is 19.3 Å².